The molecule has 0 aliphatic heterocycles. The van der Waals surface area contributed by atoms with Crippen molar-refractivity contribution in [1.82, 2.24) is 4.57 Å². The molecule has 0 fully saturated rings. The van der Waals surface area contributed by atoms with Gasteiger partial charge in [-0.15, -0.1) is 0 Å². The molecule has 0 saturated heterocycles. The van der Waals surface area contributed by atoms with E-state index >= 15 is 0 Å². The molecule has 0 amide bonds. The van der Waals surface area contributed by atoms with E-state index in [1.165, 1.54) is 105 Å². The fraction of sp³-hybridized carbons (Fsp3) is 0.0294. The molecule has 13 rings (SSSR count). The average molecular weight is 893 g/mol. The third-order valence-corrected chi connectivity index (χ3v) is 14.3. The minimum atomic E-state index is 0.117. The molecule has 1 heterocycles. The molecule has 330 valence electrons. The number of anilines is 2. The Hall–Kier alpha value is -8.98. The van der Waals surface area contributed by atoms with Crippen LogP contribution in [0.1, 0.15) is 12.0 Å². The summed E-state index contributed by atoms with van der Waals surface area (Å²) in [4.78, 5) is 2.51. The molecule has 0 spiro atoms. The van der Waals surface area contributed by atoms with Gasteiger partial charge >= 0.3 is 0 Å². The van der Waals surface area contributed by atoms with Crippen molar-refractivity contribution in [3.63, 3.8) is 0 Å². The second-order valence-corrected chi connectivity index (χ2v) is 18.4. The van der Waals surface area contributed by atoms with Crippen molar-refractivity contribution in [2.45, 2.75) is 12.5 Å². The minimum Gasteiger partial charge on any atom is -0.334 e. The first-order valence-electron chi connectivity index (χ1n) is 24.3. The lowest BCUT2D eigenvalue weighted by Gasteiger charge is -2.33. The van der Waals surface area contributed by atoms with E-state index in [1.54, 1.807) is 0 Å². The number of fused-ring (bicyclic) bond motifs is 6. The maximum atomic E-state index is 2.51. The van der Waals surface area contributed by atoms with Gasteiger partial charge in [-0.05, 0) is 127 Å². The lowest BCUT2D eigenvalue weighted by Crippen LogP contribution is -2.30. The van der Waals surface area contributed by atoms with Crippen molar-refractivity contribution in [3.8, 4) is 50.2 Å². The normalized spacial score (nSPS) is 13.5. The molecule has 2 heteroatoms. The summed E-state index contributed by atoms with van der Waals surface area (Å²) < 4.78 is 2.48. The zero-order valence-electron chi connectivity index (χ0n) is 38.7. The number of para-hydroxylation sites is 1. The van der Waals surface area contributed by atoms with Crippen LogP contribution in [0.25, 0.3) is 99.1 Å². The summed E-state index contributed by atoms with van der Waals surface area (Å²) in [6.45, 7) is 0. The number of rotatable bonds is 9. The first-order valence-corrected chi connectivity index (χ1v) is 24.3. The first-order chi connectivity index (χ1) is 34.7. The molecule has 0 radical (unpaired) electrons. The summed E-state index contributed by atoms with van der Waals surface area (Å²) in [6.07, 6.45) is 7.97. The fourth-order valence-electron chi connectivity index (χ4n) is 10.9. The third-order valence-electron chi connectivity index (χ3n) is 14.3. The topological polar surface area (TPSA) is 8.17 Å². The van der Waals surface area contributed by atoms with E-state index in [-0.39, 0.29) is 6.04 Å². The van der Waals surface area contributed by atoms with Crippen molar-refractivity contribution in [2.75, 3.05) is 4.90 Å². The fourth-order valence-corrected chi connectivity index (χ4v) is 10.9. The molecule has 12 aromatic rings. The number of allylic oxidation sites excluding steroid dienone is 2. The van der Waals surface area contributed by atoms with Crippen LogP contribution in [-0.4, -0.2) is 10.6 Å². The zero-order chi connectivity index (χ0) is 46.4. The number of benzene rings is 11. The summed E-state index contributed by atoms with van der Waals surface area (Å²) in [7, 11) is 0. The van der Waals surface area contributed by atoms with Crippen LogP contribution in [0.2, 0.25) is 0 Å². The van der Waals surface area contributed by atoms with E-state index in [4.69, 9.17) is 0 Å². The molecule has 1 aliphatic rings. The Balaban J connectivity index is 0.878. The van der Waals surface area contributed by atoms with Gasteiger partial charge in [0.15, 0.2) is 0 Å². The van der Waals surface area contributed by atoms with Gasteiger partial charge in [0.25, 0.3) is 0 Å². The van der Waals surface area contributed by atoms with Gasteiger partial charge in [0.05, 0.1) is 22.8 Å². The van der Waals surface area contributed by atoms with Crippen molar-refractivity contribution in [1.29, 1.82) is 0 Å². The summed E-state index contributed by atoms with van der Waals surface area (Å²) in [5.74, 6) is 0. The third kappa shape index (κ3) is 7.39. The first kappa shape index (κ1) is 41.2. The molecule has 70 heavy (non-hydrogen) atoms. The van der Waals surface area contributed by atoms with Crippen molar-refractivity contribution in [3.05, 3.63) is 279 Å². The number of hydrogen-bond acceptors (Lipinski definition) is 1. The summed E-state index contributed by atoms with van der Waals surface area (Å²) in [6, 6.07) is 93.3. The van der Waals surface area contributed by atoms with Gasteiger partial charge in [0.2, 0.25) is 0 Å². The van der Waals surface area contributed by atoms with Gasteiger partial charge < -0.3 is 9.47 Å². The average Bonchev–Trinajstić information content (AvgIpc) is 3.78. The van der Waals surface area contributed by atoms with E-state index in [0.29, 0.717) is 0 Å². The second kappa shape index (κ2) is 17.6. The molecule has 1 unspecified atom stereocenters. The summed E-state index contributed by atoms with van der Waals surface area (Å²) in [5.41, 5.74) is 18.1. The van der Waals surface area contributed by atoms with Crippen LogP contribution in [0, 0.1) is 0 Å². The smallest absolute Gasteiger partial charge is 0.0560 e. The predicted octanol–water partition coefficient (Wildman–Crippen LogP) is 18.3. The lowest BCUT2D eigenvalue weighted by molar-refractivity contribution is 0.787. The second-order valence-electron chi connectivity index (χ2n) is 18.4. The standard InChI is InChI=1S/C68H48N2/c1-3-16-47(17-4-1)49-32-34-50(35-33-49)52-38-42-58(43-39-52)69(57-40-36-51(37-41-57)48-18-5-2-6-19-48)59-24-14-22-54(45-59)53-21-13-23-55(44-53)61-29-15-31-66-68(61)64-28-11-12-30-65(64)70(66)67-46-56-20-7-8-25-60(56)62-26-9-10-27-63(62)67/h1-42,44-46,58H,43H2. The Bertz CT molecular complexity index is 3950. The summed E-state index contributed by atoms with van der Waals surface area (Å²) >= 11 is 0. The SMILES string of the molecule is C1=CC(N(c2ccc(-c3ccccc3)cc2)c2cccc(-c3cccc(-c4cccc5c4c4ccccc4n5-c4cc5ccccc5c5ccccc45)c3)c2)CC=C1c1ccc(-c2ccccc2)cc1. The van der Waals surface area contributed by atoms with E-state index in [9.17, 15) is 0 Å². The molecule has 1 aromatic heterocycles. The van der Waals surface area contributed by atoms with Crippen LogP contribution in [0.15, 0.2) is 273 Å². The Morgan fingerprint density at radius 2 is 0.900 bits per heavy atom. The molecule has 0 saturated carbocycles. The van der Waals surface area contributed by atoms with Crippen LogP contribution < -0.4 is 4.90 Å². The van der Waals surface area contributed by atoms with Gasteiger partial charge in [-0.1, -0.05) is 224 Å². The van der Waals surface area contributed by atoms with Crippen LogP contribution in [0.5, 0.6) is 0 Å². The van der Waals surface area contributed by atoms with Gasteiger partial charge in [0.1, 0.15) is 0 Å². The molecular formula is C68H48N2. The Kier molecular flexibility index (Phi) is 10.4. The molecule has 1 aliphatic carbocycles. The molecule has 0 bridgehead atoms. The van der Waals surface area contributed by atoms with Crippen molar-refractivity contribution in [2.24, 2.45) is 0 Å². The van der Waals surface area contributed by atoms with E-state index in [2.05, 4.69) is 282 Å². The van der Waals surface area contributed by atoms with Crippen LogP contribution in [0.4, 0.5) is 11.4 Å². The van der Waals surface area contributed by atoms with Crippen LogP contribution in [-0.2, 0) is 0 Å². The maximum Gasteiger partial charge on any atom is 0.0560 e. The van der Waals surface area contributed by atoms with Crippen LogP contribution >= 0.6 is 0 Å². The van der Waals surface area contributed by atoms with Gasteiger partial charge in [-0.25, -0.2) is 0 Å². The van der Waals surface area contributed by atoms with E-state index in [0.717, 1.165) is 17.8 Å². The molecule has 0 N–H and O–H groups in total. The predicted molar refractivity (Wildman–Crippen MR) is 298 cm³/mol. The Labute approximate surface area is 409 Å². The number of nitrogens with zero attached hydrogens (tertiary/aromatic N) is 2. The van der Waals surface area contributed by atoms with Gasteiger partial charge in [0, 0.05) is 27.5 Å². The highest BCUT2D eigenvalue weighted by Gasteiger charge is 2.23. The van der Waals surface area contributed by atoms with Crippen LogP contribution in [0.3, 0.4) is 0 Å². The molecule has 2 nitrogen and oxygen atoms in total. The number of aromatic nitrogens is 1. The lowest BCUT2D eigenvalue weighted by atomic mass is 9.93. The minimum absolute atomic E-state index is 0.117. The highest BCUT2D eigenvalue weighted by Crippen LogP contribution is 2.43. The maximum absolute atomic E-state index is 2.51. The van der Waals surface area contributed by atoms with E-state index < -0.39 is 0 Å². The Morgan fingerprint density at radius 1 is 0.357 bits per heavy atom. The van der Waals surface area contributed by atoms with Crippen molar-refractivity contribution < 1.29 is 0 Å². The monoisotopic (exact) mass is 892 g/mol. The highest BCUT2D eigenvalue weighted by molar-refractivity contribution is 6.18. The van der Waals surface area contributed by atoms with E-state index in [1.807, 2.05) is 0 Å². The van der Waals surface area contributed by atoms with Crippen molar-refractivity contribution >= 4 is 60.3 Å². The van der Waals surface area contributed by atoms with Gasteiger partial charge in [-0.2, -0.15) is 0 Å². The molecular weight excluding hydrogens is 845 g/mol. The largest absolute Gasteiger partial charge is 0.334 e. The Morgan fingerprint density at radius 3 is 1.63 bits per heavy atom. The number of hydrogen-bond donors (Lipinski definition) is 0. The quantitative estimate of drug-likeness (QED) is 0.131. The molecule has 1 atom stereocenters. The van der Waals surface area contributed by atoms with Gasteiger partial charge in [-0.3, -0.25) is 0 Å². The zero-order valence-corrected chi connectivity index (χ0v) is 38.7. The summed E-state index contributed by atoms with van der Waals surface area (Å²) in [5, 5.41) is 7.52. The molecule has 11 aromatic carbocycles. The highest BCUT2D eigenvalue weighted by atomic mass is 15.2.